The van der Waals surface area contributed by atoms with Crippen molar-refractivity contribution in [1.82, 2.24) is 4.90 Å². The number of amides is 1. The molecule has 0 spiro atoms. The number of nitrogens with two attached hydrogens (primary N) is 1. The average Bonchev–Trinajstić information content (AvgIpc) is 2.48. The van der Waals surface area contributed by atoms with E-state index < -0.39 is 5.82 Å². The highest BCUT2D eigenvalue weighted by Gasteiger charge is 2.28. The van der Waals surface area contributed by atoms with Crippen LogP contribution in [0.2, 0.25) is 5.02 Å². The maximum Gasteiger partial charge on any atom is 0.260 e. The maximum atomic E-state index is 13.0. The molecule has 6 heteroatoms. The Morgan fingerprint density at radius 2 is 2.33 bits per heavy atom. The summed E-state index contributed by atoms with van der Waals surface area (Å²) in [5.74, 6) is 0.352. The molecule has 2 rings (SSSR count). The number of halogens is 2. The summed E-state index contributed by atoms with van der Waals surface area (Å²) in [5.41, 5.74) is 5.74. The van der Waals surface area contributed by atoms with E-state index in [1.165, 1.54) is 18.2 Å². The van der Waals surface area contributed by atoms with Gasteiger partial charge in [0.25, 0.3) is 5.91 Å². The minimum absolute atomic E-state index is 0.0217. The largest absolute Gasteiger partial charge is 0.484 e. The van der Waals surface area contributed by atoms with Crippen LogP contribution in [0, 0.1) is 11.7 Å². The second-order valence-electron chi connectivity index (χ2n) is 5.47. The summed E-state index contributed by atoms with van der Waals surface area (Å²) in [6.45, 7) is 3.24. The van der Waals surface area contributed by atoms with Gasteiger partial charge in [-0.15, -0.1) is 0 Å². The SMILES string of the molecule is CC1CCN(C(=O)COc2ccc(F)c(Cl)c2)C(CN)C1. The number of hydrogen-bond acceptors (Lipinski definition) is 3. The zero-order chi connectivity index (χ0) is 15.4. The molecule has 21 heavy (non-hydrogen) atoms. The number of carbonyl (C=O) groups is 1. The van der Waals surface area contributed by atoms with E-state index >= 15 is 0 Å². The molecule has 1 aromatic rings. The van der Waals surface area contributed by atoms with Gasteiger partial charge in [0.2, 0.25) is 0 Å². The molecule has 1 aliphatic heterocycles. The lowest BCUT2D eigenvalue weighted by atomic mass is 9.92. The lowest BCUT2D eigenvalue weighted by molar-refractivity contribution is -0.137. The highest BCUT2D eigenvalue weighted by molar-refractivity contribution is 6.30. The molecule has 1 saturated heterocycles. The standard InChI is InChI=1S/C15H20ClFN2O2/c1-10-4-5-19(11(6-10)8-18)15(20)9-21-12-2-3-14(17)13(16)7-12/h2-3,7,10-11H,4-6,8-9,18H2,1H3. The van der Waals surface area contributed by atoms with Gasteiger partial charge in [-0.2, -0.15) is 0 Å². The van der Waals surface area contributed by atoms with E-state index in [1.54, 1.807) is 4.90 Å². The lowest BCUT2D eigenvalue weighted by Gasteiger charge is -2.37. The van der Waals surface area contributed by atoms with E-state index in [4.69, 9.17) is 22.1 Å². The summed E-state index contributed by atoms with van der Waals surface area (Å²) in [6.07, 6.45) is 1.90. The summed E-state index contributed by atoms with van der Waals surface area (Å²) in [7, 11) is 0. The van der Waals surface area contributed by atoms with Crippen molar-refractivity contribution in [3.8, 4) is 5.75 Å². The maximum absolute atomic E-state index is 13.0. The van der Waals surface area contributed by atoms with Gasteiger partial charge in [0.15, 0.2) is 6.61 Å². The third-order valence-corrected chi connectivity index (χ3v) is 4.11. The predicted octanol–water partition coefficient (Wildman–Crippen LogP) is 2.44. The number of ether oxygens (including phenoxy) is 1. The monoisotopic (exact) mass is 314 g/mol. The molecule has 0 aromatic heterocycles. The van der Waals surface area contributed by atoms with Crippen LogP contribution in [0.25, 0.3) is 0 Å². The number of carbonyl (C=O) groups excluding carboxylic acids is 1. The smallest absolute Gasteiger partial charge is 0.260 e. The fraction of sp³-hybridized carbons (Fsp3) is 0.533. The normalized spacial score (nSPS) is 22.2. The number of nitrogens with zero attached hydrogens (tertiary/aromatic N) is 1. The Hall–Kier alpha value is -1.33. The Morgan fingerprint density at radius 3 is 3.00 bits per heavy atom. The van der Waals surface area contributed by atoms with Crippen LogP contribution in [-0.4, -0.2) is 36.5 Å². The van der Waals surface area contributed by atoms with Crippen molar-refractivity contribution in [2.75, 3.05) is 19.7 Å². The van der Waals surface area contributed by atoms with E-state index in [2.05, 4.69) is 6.92 Å². The molecule has 2 N–H and O–H groups in total. The third-order valence-electron chi connectivity index (χ3n) is 3.82. The Labute approximate surface area is 129 Å². The number of rotatable bonds is 4. The Balaban J connectivity index is 1.93. The fourth-order valence-corrected chi connectivity index (χ4v) is 2.77. The molecule has 0 bridgehead atoms. The molecule has 1 aliphatic rings. The molecule has 0 saturated carbocycles. The number of piperidine rings is 1. The first kappa shape index (κ1) is 16.0. The molecular formula is C15H20ClFN2O2. The fourth-order valence-electron chi connectivity index (χ4n) is 2.60. The van der Waals surface area contributed by atoms with Crippen molar-refractivity contribution in [3.05, 3.63) is 29.0 Å². The zero-order valence-electron chi connectivity index (χ0n) is 12.0. The van der Waals surface area contributed by atoms with Crippen LogP contribution in [0.5, 0.6) is 5.75 Å². The molecule has 1 heterocycles. The number of likely N-dealkylation sites (tertiary alicyclic amines) is 1. The summed E-state index contributed by atoms with van der Waals surface area (Å²) >= 11 is 5.67. The molecule has 116 valence electrons. The first-order valence-corrected chi connectivity index (χ1v) is 7.46. The molecule has 1 aromatic carbocycles. The molecule has 0 aliphatic carbocycles. The highest BCUT2D eigenvalue weighted by atomic mass is 35.5. The van der Waals surface area contributed by atoms with Gasteiger partial charge in [0.1, 0.15) is 11.6 Å². The molecule has 2 unspecified atom stereocenters. The Morgan fingerprint density at radius 1 is 1.57 bits per heavy atom. The zero-order valence-corrected chi connectivity index (χ0v) is 12.8. The minimum Gasteiger partial charge on any atom is -0.484 e. The van der Waals surface area contributed by atoms with E-state index in [-0.39, 0.29) is 23.6 Å². The highest BCUT2D eigenvalue weighted by Crippen LogP contribution is 2.23. The summed E-state index contributed by atoms with van der Waals surface area (Å²) < 4.78 is 18.4. The summed E-state index contributed by atoms with van der Waals surface area (Å²) in [5, 5.41) is -0.0217. The first-order chi connectivity index (χ1) is 10.0. The topological polar surface area (TPSA) is 55.6 Å². The number of benzene rings is 1. The molecule has 4 nitrogen and oxygen atoms in total. The van der Waals surface area contributed by atoms with Crippen LogP contribution in [-0.2, 0) is 4.79 Å². The van der Waals surface area contributed by atoms with Crippen LogP contribution < -0.4 is 10.5 Å². The predicted molar refractivity (Wildman–Crippen MR) is 79.9 cm³/mol. The summed E-state index contributed by atoms with van der Waals surface area (Å²) in [6, 6.07) is 4.10. The van der Waals surface area contributed by atoms with Crippen LogP contribution in [0.4, 0.5) is 4.39 Å². The Bertz CT molecular complexity index is 512. The second kappa shape index (κ2) is 7.09. The number of hydrogen-bond donors (Lipinski definition) is 1. The lowest BCUT2D eigenvalue weighted by Crippen LogP contribution is -2.50. The molecule has 1 fully saturated rings. The first-order valence-electron chi connectivity index (χ1n) is 7.08. The second-order valence-corrected chi connectivity index (χ2v) is 5.88. The van der Waals surface area contributed by atoms with E-state index in [0.29, 0.717) is 24.8 Å². The van der Waals surface area contributed by atoms with Gasteiger partial charge in [0.05, 0.1) is 5.02 Å². The van der Waals surface area contributed by atoms with Crippen LogP contribution >= 0.6 is 11.6 Å². The molecule has 0 radical (unpaired) electrons. The van der Waals surface area contributed by atoms with Gasteiger partial charge in [-0.1, -0.05) is 18.5 Å². The molecule has 1 amide bonds. The quantitative estimate of drug-likeness (QED) is 0.928. The van der Waals surface area contributed by atoms with Gasteiger partial charge in [-0.3, -0.25) is 4.79 Å². The van der Waals surface area contributed by atoms with E-state index in [0.717, 1.165) is 12.8 Å². The van der Waals surface area contributed by atoms with E-state index in [1.807, 2.05) is 0 Å². The third kappa shape index (κ3) is 4.08. The molecule has 2 atom stereocenters. The van der Waals surface area contributed by atoms with Crippen LogP contribution in [0.15, 0.2) is 18.2 Å². The van der Waals surface area contributed by atoms with Crippen molar-refractivity contribution in [1.29, 1.82) is 0 Å². The van der Waals surface area contributed by atoms with Crippen LogP contribution in [0.3, 0.4) is 0 Å². The van der Waals surface area contributed by atoms with Gasteiger partial charge < -0.3 is 15.4 Å². The minimum atomic E-state index is -0.511. The van der Waals surface area contributed by atoms with Crippen LogP contribution in [0.1, 0.15) is 19.8 Å². The van der Waals surface area contributed by atoms with Gasteiger partial charge in [-0.05, 0) is 30.9 Å². The van der Waals surface area contributed by atoms with Crippen molar-refractivity contribution in [3.63, 3.8) is 0 Å². The average molecular weight is 315 g/mol. The van der Waals surface area contributed by atoms with Gasteiger partial charge in [0, 0.05) is 25.2 Å². The van der Waals surface area contributed by atoms with Gasteiger partial charge >= 0.3 is 0 Å². The van der Waals surface area contributed by atoms with E-state index in [9.17, 15) is 9.18 Å². The molecular weight excluding hydrogens is 295 g/mol. The summed E-state index contributed by atoms with van der Waals surface area (Å²) in [4.78, 5) is 14.0. The Kier molecular flexibility index (Phi) is 5.42. The van der Waals surface area contributed by atoms with Crippen molar-refractivity contribution in [2.24, 2.45) is 11.7 Å². The van der Waals surface area contributed by atoms with Crippen molar-refractivity contribution >= 4 is 17.5 Å². The van der Waals surface area contributed by atoms with Gasteiger partial charge in [-0.25, -0.2) is 4.39 Å². The van der Waals surface area contributed by atoms with Crippen molar-refractivity contribution < 1.29 is 13.9 Å². The van der Waals surface area contributed by atoms with Crippen molar-refractivity contribution in [2.45, 2.75) is 25.8 Å².